The Morgan fingerprint density at radius 2 is 1.83 bits per heavy atom. The van der Waals surface area contributed by atoms with Gasteiger partial charge < -0.3 is 0 Å². The zero-order valence-electron chi connectivity index (χ0n) is 8.99. The van der Waals surface area contributed by atoms with Crippen molar-refractivity contribution in [1.29, 1.82) is 0 Å². The summed E-state index contributed by atoms with van der Waals surface area (Å²) in [6.07, 6.45) is 3.13. The van der Waals surface area contributed by atoms with Gasteiger partial charge in [-0.05, 0) is 18.2 Å². The van der Waals surface area contributed by atoms with Crippen LogP contribution in [0.2, 0.25) is 0 Å². The number of carbonyl (C=O) groups is 1. The molecule has 0 aliphatic carbocycles. The lowest BCUT2D eigenvalue weighted by atomic mass is 10.1. The summed E-state index contributed by atoms with van der Waals surface area (Å²) in [7, 11) is -3.74. The molecule has 0 fully saturated rings. The van der Waals surface area contributed by atoms with Crippen molar-refractivity contribution in [3.05, 3.63) is 42.2 Å². The van der Waals surface area contributed by atoms with E-state index >= 15 is 0 Å². The molecule has 1 aromatic carbocycles. The molecular formula is C11H7N3O3S. The number of fused-ring (bicyclic) bond motifs is 1. The molecule has 2 heterocycles. The van der Waals surface area contributed by atoms with Crippen molar-refractivity contribution in [2.24, 2.45) is 0 Å². The second-order valence-corrected chi connectivity index (χ2v) is 5.37. The van der Waals surface area contributed by atoms with E-state index in [0.717, 1.165) is 0 Å². The molecule has 1 amide bonds. The molecule has 1 aliphatic rings. The second-order valence-electron chi connectivity index (χ2n) is 3.72. The normalized spacial score (nSPS) is 16.1. The molecule has 6 nitrogen and oxygen atoms in total. The predicted octanol–water partition coefficient (Wildman–Crippen LogP) is 0.576. The number of rotatable bonds is 1. The van der Waals surface area contributed by atoms with Crippen molar-refractivity contribution in [2.75, 3.05) is 0 Å². The van der Waals surface area contributed by atoms with Crippen LogP contribution < -0.4 is 4.72 Å². The number of hydrogen-bond acceptors (Lipinski definition) is 5. The number of aromatic nitrogens is 2. The molecule has 7 heteroatoms. The lowest BCUT2D eigenvalue weighted by Gasteiger charge is -2.01. The van der Waals surface area contributed by atoms with E-state index in [-0.39, 0.29) is 10.5 Å². The maximum absolute atomic E-state index is 11.7. The number of sulfonamides is 1. The molecule has 0 bridgehead atoms. The highest BCUT2D eigenvalue weighted by Gasteiger charge is 2.32. The number of hydrogen-bond donors (Lipinski definition) is 1. The second kappa shape index (κ2) is 3.61. The average molecular weight is 261 g/mol. The standard InChI is InChI=1S/C11H7N3O3S/c15-11-8-3-2-7(10-12-4-1-5-13-10)6-9(8)18(16,17)14-11/h1-6H,(H,14,15). The van der Waals surface area contributed by atoms with Gasteiger partial charge in [0.05, 0.1) is 5.56 Å². The quantitative estimate of drug-likeness (QED) is 0.810. The molecule has 90 valence electrons. The first-order valence-electron chi connectivity index (χ1n) is 5.06. The van der Waals surface area contributed by atoms with Crippen LogP contribution in [0.1, 0.15) is 10.4 Å². The van der Waals surface area contributed by atoms with Gasteiger partial charge in [-0.15, -0.1) is 0 Å². The summed E-state index contributed by atoms with van der Waals surface area (Å²) in [5.41, 5.74) is 0.698. The third-order valence-corrected chi connectivity index (χ3v) is 3.94. The summed E-state index contributed by atoms with van der Waals surface area (Å²) >= 11 is 0. The smallest absolute Gasteiger partial charge is 0.266 e. The van der Waals surface area contributed by atoms with Gasteiger partial charge in [0.15, 0.2) is 5.82 Å². The number of benzene rings is 1. The first-order chi connectivity index (χ1) is 8.58. The maximum atomic E-state index is 11.7. The molecule has 0 saturated heterocycles. The highest BCUT2D eigenvalue weighted by atomic mass is 32.2. The Labute approximate surface area is 103 Å². The van der Waals surface area contributed by atoms with Crippen LogP contribution in [0, 0.1) is 0 Å². The Balaban J connectivity index is 2.22. The molecule has 1 aliphatic heterocycles. The molecule has 1 aromatic heterocycles. The Hall–Kier alpha value is -2.28. The van der Waals surface area contributed by atoms with Crippen molar-refractivity contribution < 1.29 is 13.2 Å². The fourth-order valence-electron chi connectivity index (χ4n) is 1.75. The van der Waals surface area contributed by atoms with Crippen LogP contribution in [-0.4, -0.2) is 24.3 Å². The van der Waals surface area contributed by atoms with E-state index in [4.69, 9.17) is 0 Å². The monoisotopic (exact) mass is 261 g/mol. The molecule has 0 atom stereocenters. The minimum Gasteiger partial charge on any atom is -0.268 e. The van der Waals surface area contributed by atoms with Crippen LogP contribution in [0.25, 0.3) is 11.4 Å². The van der Waals surface area contributed by atoms with E-state index in [9.17, 15) is 13.2 Å². The first-order valence-corrected chi connectivity index (χ1v) is 6.55. The van der Waals surface area contributed by atoms with E-state index in [2.05, 4.69) is 9.97 Å². The van der Waals surface area contributed by atoms with E-state index in [0.29, 0.717) is 11.4 Å². The minimum absolute atomic E-state index is 0.0301. The molecule has 0 saturated carbocycles. The Bertz CT molecular complexity index is 741. The molecule has 0 unspecified atom stereocenters. The molecule has 0 radical (unpaired) electrons. The number of amides is 1. The van der Waals surface area contributed by atoms with Crippen LogP contribution in [0.3, 0.4) is 0 Å². The van der Waals surface area contributed by atoms with Crippen LogP contribution in [0.4, 0.5) is 0 Å². The summed E-state index contributed by atoms with van der Waals surface area (Å²) in [4.78, 5) is 19.4. The topological polar surface area (TPSA) is 89.0 Å². The third kappa shape index (κ3) is 1.56. The summed E-state index contributed by atoms with van der Waals surface area (Å²) in [6, 6.07) is 6.14. The van der Waals surface area contributed by atoms with Crippen LogP contribution in [0.5, 0.6) is 0 Å². The number of nitrogens with one attached hydrogen (secondary N) is 1. The predicted molar refractivity (Wildman–Crippen MR) is 62.1 cm³/mol. The average Bonchev–Trinajstić information content (AvgIpc) is 2.61. The zero-order chi connectivity index (χ0) is 12.8. The Morgan fingerprint density at radius 3 is 2.56 bits per heavy atom. The van der Waals surface area contributed by atoms with Gasteiger partial charge in [0.1, 0.15) is 4.90 Å². The lowest BCUT2D eigenvalue weighted by molar-refractivity contribution is 0.0985. The Morgan fingerprint density at radius 1 is 1.11 bits per heavy atom. The molecule has 3 rings (SSSR count). The molecule has 2 aromatic rings. The highest BCUT2D eigenvalue weighted by Crippen LogP contribution is 2.26. The first kappa shape index (κ1) is 10.8. The van der Waals surface area contributed by atoms with Crippen LogP contribution in [0.15, 0.2) is 41.6 Å². The van der Waals surface area contributed by atoms with Gasteiger partial charge in [-0.25, -0.2) is 23.1 Å². The van der Waals surface area contributed by atoms with Gasteiger partial charge in [-0.1, -0.05) is 6.07 Å². The van der Waals surface area contributed by atoms with Gasteiger partial charge >= 0.3 is 0 Å². The summed E-state index contributed by atoms with van der Waals surface area (Å²) in [5, 5.41) is 0. The number of carbonyl (C=O) groups excluding carboxylic acids is 1. The van der Waals surface area contributed by atoms with E-state index < -0.39 is 15.9 Å². The molecule has 0 spiro atoms. The van der Waals surface area contributed by atoms with Gasteiger partial charge in [-0.3, -0.25) is 4.79 Å². The highest BCUT2D eigenvalue weighted by molar-refractivity contribution is 7.90. The van der Waals surface area contributed by atoms with Crippen molar-refractivity contribution in [1.82, 2.24) is 14.7 Å². The van der Waals surface area contributed by atoms with E-state index in [1.807, 2.05) is 4.72 Å². The molecule has 1 N–H and O–H groups in total. The van der Waals surface area contributed by atoms with Crippen molar-refractivity contribution in [3.8, 4) is 11.4 Å². The van der Waals surface area contributed by atoms with Gasteiger partial charge in [0.25, 0.3) is 15.9 Å². The third-order valence-electron chi connectivity index (χ3n) is 2.57. The van der Waals surface area contributed by atoms with Crippen molar-refractivity contribution >= 4 is 15.9 Å². The SMILES string of the molecule is O=C1NS(=O)(=O)c2cc(-c3ncccn3)ccc21. The van der Waals surface area contributed by atoms with Crippen molar-refractivity contribution in [3.63, 3.8) is 0 Å². The summed E-state index contributed by atoms with van der Waals surface area (Å²) in [5.74, 6) is -0.194. The minimum atomic E-state index is -3.74. The van der Waals surface area contributed by atoms with E-state index in [1.54, 1.807) is 24.5 Å². The Kier molecular flexibility index (Phi) is 2.17. The van der Waals surface area contributed by atoms with Gasteiger partial charge in [-0.2, -0.15) is 0 Å². The summed E-state index contributed by atoms with van der Waals surface area (Å²) < 4.78 is 25.3. The number of nitrogens with zero attached hydrogens (tertiary/aromatic N) is 2. The molecular weight excluding hydrogens is 254 g/mol. The van der Waals surface area contributed by atoms with Crippen LogP contribution in [-0.2, 0) is 10.0 Å². The lowest BCUT2D eigenvalue weighted by Crippen LogP contribution is -2.20. The van der Waals surface area contributed by atoms with Crippen molar-refractivity contribution in [2.45, 2.75) is 4.90 Å². The zero-order valence-corrected chi connectivity index (χ0v) is 9.81. The molecule has 18 heavy (non-hydrogen) atoms. The van der Waals surface area contributed by atoms with Crippen LogP contribution >= 0.6 is 0 Å². The largest absolute Gasteiger partial charge is 0.268 e. The fraction of sp³-hybridized carbons (Fsp3) is 0. The summed E-state index contributed by atoms with van der Waals surface area (Å²) in [6.45, 7) is 0. The van der Waals surface area contributed by atoms with Gasteiger partial charge in [0, 0.05) is 18.0 Å². The fourth-order valence-corrected chi connectivity index (χ4v) is 2.95. The van der Waals surface area contributed by atoms with Gasteiger partial charge in [0.2, 0.25) is 0 Å². The maximum Gasteiger partial charge on any atom is 0.266 e. The van der Waals surface area contributed by atoms with E-state index in [1.165, 1.54) is 12.1 Å².